The van der Waals surface area contributed by atoms with Crippen molar-refractivity contribution in [3.05, 3.63) is 29.8 Å². The van der Waals surface area contributed by atoms with E-state index in [2.05, 4.69) is 0 Å². The Morgan fingerprint density at radius 1 is 1.06 bits per heavy atom. The summed E-state index contributed by atoms with van der Waals surface area (Å²) in [6, 6.07) is 3.59. The van der Waals surface area contributed by atoms with Crippen molar-refractivity contribution in [1.82, 2.24) is 14.1 Å². The second kappa shape index (κ2) is 8.40. The summed E-state index contributed by atoms with van der Waals surface area (Å²) in [4.78, 5) is 26.5. The molecule has 0 radical (unpaired) electrons. The molecule has 1 fully saturated rings. The molecule has 0 bridgehead atoms. The molecule has 0 unspecified atom stereocenters. The van der Waals surface area contributed by atoms with Gasteiger partial charge in [-0.1, -0.05) is 0 Å². The van der Waals surface area contributed by atoms with Crippen molar-refractivity contribution in [3.8, 4) is 0 Å². The lowest BCUT2D eigenvalue weighted by Gasteiger charge is -2.45. The number of rotatable bonds is 4. The number of carbonyl (C=O) groups is 2. The van der Waals surface area contributed by atoms with E-state index >= 15 is 0 Å². The maximum Gasteiger partial charge on any atom is 0.426 e. The first kappa shape index (κ1) is 25.1. The zero-order valence-electron chi connectivity index (χ0n) is 17.8. The molecule has 1 aliphatic rings. The Bertz CT molecular complexity index is 946. The number of carbonyl (C=O) groups excluding carboxylic acids is 2. The van der Waals surface area contributed by atoms with Crippen molar-refractivity contribution in [1.29, 1.82) is 0 Å². The average Bonchev–Trinajstić information content (AvgIpc) is 2.67. The van der Waals surface area contributed by atoms with Gasteiger partial charge in [0.1, 0.15) is 0 Å². The van der Waals surface area contributed by atoms with Crippen LogP contribution in [0.1, 0.15) is 31.1 Å². The maximum atomic E-state index is 13.1. The first-order chi connectivity index (χ1) is 14.0. The van der Waals surface area contributed by atoms with E-state index in [0.717, 1.165) is 9.21 Å². The molecule has 1 heterocycles. The standard InChI is InChI=1S/C19H26F3N3O5S/c1-12-11-25(13(2)10-24(12)17(27)18(3,28)19(20,21)22)31(29,30)15-8-6-14(7-9-15)16(26)23(4)5/h6-9,12-13,28H,10-11H2,1-5H3/t12-,13+,18+/m0/s1. The Labute approximate surface area is 179 Å². The molecule has 12 heteroatoms. The van der Waals surface area contributed by atoms with Gasteiger partial charge in [0.15, 0.2) is 0 Å². The van der Waals surface area contributed by atoms with Crippen LogP contribution in [0.3, 0.4) is 0 Å². The van der Waals surface area contributed by atoms with Crippen LogP contribution in [0.25, 0.3) is 0 Å². The molecule has 0 aliphatic carbocycles. The minimum atomic E-state index is -5.16. The van der Waals surface area contributed by atoms with E-state index in [1.807, 2.05) is 0 Å². The lowest BCUT2D eigenvalue weighted by atomic mass is 10.0. The number of benzene rings is 1. The Balaban J connectivity index is 2.26. The van der Waals surface area contributed by atoms with E-state index in [1.54, 1.807) is 14.1 Å². The smallest absolute Gasteiger partial charge is 0.373 e. The number of alkyl halides is 3. The number of piperazine rings is 1. The molecule has 1 aromatic carbocycles. The first-order valence-electron chi connectivity index (χ1n) is 9.45. The fraction of sp³-hybridized carbons (Fsp3) is 0.579. The highest BCUT2D eigenvalue weighted by Gasteiger charge is 2.58. The zero-order chi connectivity index (χ0) is 23.9. The van der Waals surface area contributed by atoms with Crippen LogP contribution in [0.4, 0.5) is 13.2 Å². The second-order valence-electron chi connectivity index (χ2n) is 8.02. The molecule has 1 saturated heterocycles. The molecular weight excluding hydrogens is 439 g/mol. The summed E-state index contributed by atoms with van der Waals surface area (Å²) in [6.45, 7) is 2.70. The molecule has 8 nitrogen and oxygen atoms in total. The van der Waals surface area contributed by atoms with Gasteiger partial charge in [0, 0.05) is 44.8 Å². The third-order valence-corrected chi connectivity index (χ3v) is 7.27. The molecular formula is C19H26F3N3O5S. The molecule has 2 amide bonds. The second-order valence-corrected chi connectivity index (χ2v) is 9.91. The lowest BCUT2D eigenvalue weighted by molar-refractivity contribution is -0.251. The minimum Gasteiger partial charge on any atom is -0.373 e. The third kappa shape index (κ3) is 4.70. The van der Waals surface area contributed by atoms with Crippen LogP contribution in [0.5, 0.6) is 0 Å². The highest BCUT2D eigenvalue weighted by atomic mass is 32.2. The lowest BCUT2D eigenvalue weighted by Crippen LogP contribution is -2.65. The van der Waals surface area contributed by atoms with E-state index < -0.39 is 39.8 Å². The van der Waals surface area contributed by atoms with Gasteiger partial charge < -0.3 is 14.9 Å². The largest absolute Gasteiger partial charge is 0.426 e. The van der Waals surface area contributed by atoms with Gasteiger partial charge in [-0.05, 0) is 45.0 Å². The Hall–Kier alpha value is -2.18. The number of hydrogen-bond donors (Lipinski definition) is 1. The summed E-state index contributed by atoms with van der Waals surface area (Å²) in [5.74, 6) is -1.82. The van der Waals surface area contributed by atoms with Gasteiger partial charge in [0.05, 0.1) is 4.90 Å². The van der Waals surface area contributed by atoms with Gasteiger partial charge in [-0.25, -0.2) is 8.42 Å². The van der Waals surface area contributed by atoms with E-state index in [0.29, 0.717) is 12.5 Å². The normalized spacial score (nSPS) is 22.7. The SMILES string of the molecule is C[C@@H]1CN(C(=O)[C@@](C)(O)C(F)(F)F)[C@@H](C)CN1S(=O)(=O)c1ccc(C(=O)N(C)C)cc1. The van der Waals surface area contributed by atoms with Gasteiger partial charge in [0.25, 0.3) is 11.8 Å². The topological polar surface area (TPSA) is 98.2 Å². The van der Waals surface area contributed by atoms with Crippen LogP contribution in [0.2, 0.25) is 0 Å². The third-order valence-electron chi connectivity index (χ3n) is 5.27. The van der Waals surface area contributed by atoms with Crippen molar-refractivity contribution in [3.63, 3.8) is 0 Å². The van der Waals surface area contributed by atoms with Gasteiger partial charge in [-0.15, -0.1) is 0 Å². The molecule has 3 atom stereocenters. The highest BCUT2D eigenvalue weighted by Crippen LogP contribution is 2.34. The number of halogens is 3. The monoisotopic (exact) mass is 465 g/mol. The van der Waals surface area contributed by atoms with Crippen molar-refractivity contribution in [2.75, 3.05) is 27.2 Å². The van der Waals surface area contributed by atoms with E-state index in [9.17, 15) is 36.3 Å². The number of aliphatic hydroxyl groups is 1. The molecule has 2 rings (SSSR count). The van der Waals surface area contributed by atoms with Crippen LogP contribution in [0, 0.1) is 0 Å². The summed E-state index contributed by atoms with van der Waals surface area (Å²) < 4.78 is 66.5. The van der Waals surface area contributed by atoms with Crippen molar-refractivity contribution < 1.29 is 36.3 Å². The predicted octanol–water partition coefficient (Wildman–Crippen LogP) is 1.31. The number of hydrogen-bond acceptors (Lipinski definition) is 5. The Morgan fingerprint density at radius 3 is 2.03 bits per heavy atom. The van der Waals surface area contributed by atoms with Crippen LogP contribution in [0.15, 0.2) is 29.2 Å². The fourth-order valence-corrected chi connectivity index (χ4v) is 4.98. The van der Waals surface area contributed by atoms with Crippen LogP contribution in [-0.2, 0) is 14.8 Å². The first-order valence-corrected chi connectivity index (χ1v) is 10.9. The predicted molar refractivity (Wildman–Crippen MR) is 106 cm³/mol. The number of amides is 2. The maximum absolute atomic E-state index is 13.1. The van der Waals surface area contributed by atoms with E-state index in [4.69, 9.17) is 0 Å². The van der Waals surface area contributed by atoms with E-state index in [1.165, 1.54) is 43.0 Å². The number of sulfonamides is 1. The Morgan fingerprint density at radius 2 is 1.58 bits per heavy atom. The summed E-state index contributed by atoms with van der Waals surface area (Å²) in [5, 5.41) is 9.71. The fourth-order valence-electron chi connectivity index (χ4n) is 3.28. The van der Waals surface area contributed by atoms with Crippen molar-refractivity contribution in [2.45, 2.75) is 49.5 Å². The quantitative estimate of drug-likeness (QED) is 0.723. The van der Waals surface area contributed by atoms with Gasteiger partial charge in [0.2, 0.25) is 15.6 Å². The average molecular weight is 465 g/mol. The minimum absolute atomic E-state index is 0.0797. The molecule has 0 aromatic heterocycles. The molecule has 1 aliphatic heterocycles. The van der Waals surface area contributed by atoms with Gasteiger partial charge in [-0.3, -0.25) is 9.59 Å². The summed E-state index contributed by atoms with van der Waals surface area (Å²) in [5.41, 5.74) is -3.27. The van der Waals surface area contributed by atoms with Gasteiger partial charge >= 0.3 is 6.18 Å². The van der Waals surface area contributed by atoms with Crippen molar-refractivity contribution >= 4 is 21.8 Å². The number of nitrogens with zero attached hydrogens (tertiary/aromatic N) is 3. The molecule has 31 heavy (non-hydrogen) atoms. The molecule has 1 aromatic rings. The molecule has 1 N–H and O–H groups in total. The summed E-state index contributed by atoms with van der Waals surface area (Å²) in [6.07, 6.45) is -5.16. The van der Waals surface area contributed by atoms with Crippen LogP contribution < -0.4 is 0 Å². The molecule has 0 spiro atoms. The Kier molecular flexibility index (Phi) is 6.79. The molecule has 0 saturated carbocycles. The summed E-state index contributed by atoms with van der Waals surface area (Å²) in [7, 11) is -0.909. The van der Waals surface area contributed by atoms with Crippen molar-refractivity contribution in [2.24, 2.45) is 0 Å². The van der Waals surface area contributed by atoms with Gasteiger partial charge in [-0.2, -0.15) is 17.5 Å². The zero-order valence-corrected chi connectivity index (χ0v) is 18.7. The summed E-state index contributed by atoms with van der Waals surface area (Å²) >= 11 is 0. The van der Waals surface area contributed by atoms with E-state index in [-0.39, 0.29) is 23.9 Å². The van der Waals surface area contributed by atoms with Crippen LogP contribution >= 0.6 is 0 Å². The molecule has 174 valence electrons. The van der Waals surface area contributed by atoms with Crippen LogP contribution in [-0.4, -0.2) is 90.5 Å². The highest BCUT2D eigenvalue weighted by molar-refractivity contribution is 7.89.